The van der Waals surface area contributed by atoms with Gasteiger partial charge in [-0.2, -0.15) is 0 Å². The van der Waals surface area contributed by atoms with Crippen LogP contribution in [0.5, 0.6) is 5.75 Å². The average molecular weight is 293 g/mol. The van der Waals surface area contributed by atoms with Crippen molar-refractivity contribution in [3.05, 3.63) is 23.8 Å². The third-order valence-corrected chi connectivity index (χ3v) is 4.11. The van der Waals surface area contributed by atoms with Crippen LogP contribution in [-0.4, -0.2) is 42.3 Å². The normalized spacial score (nSPS) is 11.2. The Kier molecular flexibility index (Phi) is 7.79. The molecule has 0 unspecified atom stereocenters. The van der Waals surface area contributed by atoms with E-state index in [1.807, 2.05) is 6.07 Å². The van der Waals surface area contributed by atoms with Crippen molar-refractivity contribution in [3.63, 3.8) is 0 Å². The van der Waals surface area contributed by atoms with Gasteiger partial charge in [-0.05, 0) is 24.0 Å². The first-order chi connectivity index (χ1) is 10.0. The molecule has 0 aromatic heterocycles. The van der Waals surface area contributed by atoms with Crippen LogP contribution in [-0.2, 0) is 6.54 Å². The van der Waals surface area contributed by atoms with E-state index < -0.39 is 7.12 Å². The third kappa shape index (κ3) is 5.34. The van der Waals surface area contributed by atoms with Crippen molar-refractivity contribution in [1.29, 1.82) is 0 Å². The van der Waals surface area contributed by atoms with Gasteiger partial charge in [-0.1, -0.05) is 45.7 Å². The fraction of sp³-hybridized carbons (Fsp3) is 0.625. The summed E-state index contributed by atoms with van der Waals surface area (Å²) in [5.41, 5.74) is 1.50. The maximum Gasteiger partial charge on any atom is 0.488 e. The van der Waals surface area contributed by atoms with E-state index in [4.69, 9.17) is 4.74 Å². The molecule has 0 bridgehead atoms. The van der Waals surface area contributed by atoms with E-state index in [0.717, 1.165) is 30.9 Å². The van der Waals surface area contributed by atoms with Crippen LogP contribution in [0.25, 0.3) is 0 Å². The molecule has 4 nitrogen and oxygen atoms in total. The fourth-order valence-electron chi connectivity index (χ4n) is 2.54. The van der Waals surface area contributed by atoms with Crippen LogP contribution in [0.3, 0.4) is 0 Å². The van der Waals surface area contributed by atoms with Crippen LogP contribution >= 0.6 is 0 Å². The highest BCUT2D eigenvalue weighted by Gasteiger charge is 2.16. The number of nitrogens with zero attached hydrogens (tertiary/aromatic N) is 1. The molecule has 21 heavy (non-hydrogen) atoms. The maximum atomic E-state index is 9.33. The van der Waals surface area contributed by atoms with Crippen molar-refractivity contribution in [1.82, 2.24) is 4.90 Å². The second-order valence-corrected chi connectivity index (χ2v) is 5.46. The van der Waals surface area contributed by atoms with Gasteiger partial charge in [0, 0.05) is 18.7 Å². The van der Waals surface area contributed by atoms with Crippen molar-refractivity contribution in [2.75, 3.05) is 20.2 Å². The van der Waals surface area contributed by atoms with Gasteiger partial charge in [-0.15, -0.1) is 0 Å². The van der Waals surface area contributed by atoms with Gasteiger partial charge in [0.25, 0.3) is 0 Å². The minimum Gasteiger partial charge on any atom is -0.496 e. The summed E-state index contributed by atoms with van der Waals surface area (Å²) in [5.74, 6) is 1.49. The van der Waals surface area contributed by atoms with Crippen LogP contribution in [0.2, 0.25) is 0 Å². The van der Waals surface area contributed by atoms with Crippen molar-refractivity contribution in [2.24, 2.45) is 5.92 Å². The second kappa shape index (κ2) is 9.08. The first kappa shape index (κ1) is 18.0. The zero-order valence-electron chi connectivity index (χ0n) is 13.7. The predicted octanol–water partition coefficient (Wildman–Crippen LogP) is 1.63. The molecule has 0 spiro atoms. The summed E-state index contributed by atoms with van der Waals surface area (Å²) in [6.45, 7) is 9.39. The van der Waals surface area contributed by atoms with Crippen molar-refractivity contribution >= 4 is 12.6 Å². The average Bonchev–Trinajstić information content (AvgIpc) is 2.50. The highest BCUT2D eigenvalue weighted by Crippen LogP contribution is 2.20. The van der Waals surface area contributed by atoms with E-state index in [2.05, 4.69) is 25.7 Å². The molecule has 5 heteroatoms. The van der Waals surface area contributed by atoms with E-state index in [1.54, 1.807) is 19.2 Å². The Morgan fingerprint density at radius 1 is 1.19 bits per heavy atom. The van der Waals surface area contributed by atoms with Crippen LogP contribution in [0.15, 0.2) is 18.2 Å². The number of benzene rings is 1. The van der Waals surface area contributed by atoms with Crippen molar-refractivity contribution < 1.29 is 14.8 Å². The molecule has 0 atom stereocenters. The Morgan fingerprint density at radius 3 is 2.33 bits per heavy atom. The molecule has 118 valence electrons. The summed E-state index contributed by atoms with van der Waals surface area (Å²) in [7, 11) is 0.203. The Balaban J connectivity index is 2.89. The van der Waals surface area contributed by atoms with E-state index >= 15 is 0 Å². The number of methoxy groups -OCH3 is 1. The van der Waals surface area contributed by atoms with Gasteiger partial charge >= 0.3 is 7.12 Å². The van der Waals surface area contributed by atoms with Crippen LogP contribution in [0.1, 0.15) is 39.2 Å². The summed E-state index contributed by atoms with van der Waals surface area (Å²) in [5, 5.41) is 18.7. The molecule has 0 amide bonds. The lowest BCUT2D eigenvalue weighted by atomic mass is 9.79. The van der Waals surface area contributed by atoms with Gasteiger partial charge in [-0.25, -0.2) is 0 Å². The van der Waals surface area contributed by atoms with Crippen LogP contribution < -0.4 is 10.2 Å². The number of hydrogen-bond acceptors (Lipinski definition) is 4. The van der Waals surface area contributed by atoms with E-state index in [1.165, 1.54) is 12.8 Å². The van der Waals surface area contributed by atoms with Gasteiger partial charge in [0.15, 0.2) is 0 Å². The van der Waals surface area contributed by atoms with Gasteiger partial charge < -0.3 is 14.8 Å². The quantitative estimate of drug-likeness (QED) is 0.680. The van der Waals surface area contributed by atoms with Crippen molar-refractivity contribution in [3.8, 4) is 5.75 Å². The van der Waals surface area contributed by atoms with E-state index in [0.29, 0.717) is 11.4 Å². The summed E-state index contributed by atoms with van der Waals surface area (Å²) in [6, 6.07) is 5.30. The number of ether oxygens (including phenoxy) is 1. The Morgan fingerprint density at radius 2 is 1.86 bits per heavy atom. The molecule has 0 radical (unpaired) electrons. The predicted molar refractivity (Wildman–Crippen MR) is 87.8 cm³/mol. The zero-order valence-corrected chi connectivity index (χ0v) is 13.7. The first-order valence-corrected chi connectivity index (χ1v) is 7.80. The molecule has 0 aliphatic carbocycles. The SMILES string of the molecule is CCC(CC)CN(CC)Cc1cc(B(O)O)ccc1OC. The molecular formula is C16H28BNO3. The molecule has 0 aliphatic rings. The Hall–Kier alpha value is -1.04. The molecule has 0 heterocycles. The second-order valence-electron chi connectivity index (χ2n) is 5.46. The van der Waals surface area contributed by atoms with Gasteiger partial charge in [-0.3, -0.25) is 4.90 Å². The summed E-state index contributed by atoms with van der Waals surface area (Å²) in [4.78, 5) is 2.38. The highest BCUT2D eigenvalue weighted by molar-refractivity contribution is 6.58. The number of rotatable bonds is 9. The van der Waals surface area contributed by atoms with Crippen LogP contribution in [0.4, 0.5) is 0 Å². The van der Waals surface area contributed by atoms with Gasteiger partial charge in [0.2, 0.25) is 0 Å². The lowest BCUT2D eigenvalue weighted by Crippen LogP contribution is -2.32. The zero-order chi connectivity index (χ0) is 15.8. The standard InChI is InChI=1S/C16H28BNO3/c1-5-13(6-2)11-18(7-3)12-14-10-15(17(19)20)8-9-16(14)21-4/h8-10,13,19-20H,5-7,11-12H2,1-4H3. The molecule has 1 aromatic carbocycles. The van der Waals surface area contributed by atoms with Crippen molar-refractivity contribution in [2.45, 2.75) is 40.2 Å². The summed E-state index contributed by atoms with van der Waals surface area (Å²) in [6.07, 6.45) is 2.36. The fourth-order valence-corrected chi connectivity index (χ4v) is 2.54. The van der Waals surface area contributed by atoms with Gasteiger partial charge in [0.05, 0.1) is 7.11 Å². The lowest BCUT2D eigenvalue weighted by Gasteiger charge is -2.26. The topological polar surface area (TPSA) is 52.9 Å². The summed E-state index contributed by atoms with van der Waals surface area (Å²) >= 11 is 0. The molecule has 1 aromatic rings. The smallest absolute Gasteiger partial charge is 0.488 e. The number of hydrogen-bond donors (Lipinski definition) is 2. The molecular weight excluding hydrogens is 265 g/mol. The molecule has 0 saturated carbocycles. The molecule has 0 aliphatic heterocycles. The Labute approximate surface area is 128 Å². The van der Waals surface area contributed by atoms with E-state index in [9.17, 15) is 10.0 Å². The highest BCUT2D eigenvalue weighted by atomic mass is 16.5. The maximum absolute atomic E-state index is 9.33. The monoisotopic (exact) mass is 293 g/mol. The van der Waals surface area contributed by atoms with Crippen LogP contribution in [0, 0.1) is 5.92 Å². The van der Waals surface area contributed by atoms with E-state index in [-0.39, 0.29) is 0 Å². The van der Waals surface area contributed by atoms with Gasteiger partial charge in [0.1, 0.15) is 5.75 Å². The minimum absolute atomic E-state index is 0.504. The molecule has 2 N–H and O–H groups in total. The molecule has 1 rings (SSSR count). The largest absolute Gasteiger partial charge is 0.496 e. The minimum atomic E-state index is -1.44. The third-order valence-electron chi connectivity index (χ3n) is 4.11. The molecule has 0 fully saturated rings. The Bertz CT molecular complexity index is 422. The lowest BCUT2D eigenvalue weighted by molar-refractivity contribution is 0.223. The first-order valence-electron chi connectivity index (χ1n) is 7.80. The molecule has 0 saturated heterocycles. The summed E-state index contributed by atoms with van der Waals surface area (Å²) < 4.78 is 5.39.